The van der Waals surface area contributed by atoms with Gasteiger partial charge in [0.25, 0.3) is 5.19 Å². The second kappa shape index (κ2) is 7.22. The zero-order valence-corrected chi connectivity index (χ0v) is 16.6. The summed E-state index contributed by atoms with van der Waals surface area (Å²) < 4.78 is 13.4. The summed E-state index contributed by atoms with van der Waals surface area (Å²) in [6, 6.07) is 14.1. The van der Waals surface area contributed by atoms with Crippen molar-refractivity contribution in [1.82, 2.24) is 14.8 Å². The molecule has 0 bridgehead atoms. The van der Waals surface area contributed by atoms with Crippen LogP contribution < -0.4 is 9.47 Å². The molecule has 144 valence electrons. The number of hydrogen-bond acceptors (Lipinski definition) is 6. The third-order valence-corrected chi connectivity index (χ3v) is 6.14. The molecule has 4 aromatic rings. The Morgan fingerprint density at radius 1 is 1.21 bits per heavy atom. The van der Waals surface area contributed by atoms with Gasteiger partial charge in [-0.15, -0.1) is 0 Å². The van der Waals surface area contributed by atoms with Crippen LogP contribution in [0.1, 0.15) is 35.6 Å². The molecule has 29 heavy (non-hydrogen) atoms. The van der Waals surface area contributed by atoms with Gasteiger partial charge in [-0.1, -0.05) is 17.4 Å². The number of aromatic nitrogens is 3. The molecule has 1 aliphatic rings. The number of aryl methyl sites for hydroxylation is 1. The molecule has 0 fully saturated rings. The van der Waals surface area contributed by atoms with E-state index in [4.69, 9.17) is 14.7 Å². The Bertz CT molecular complexity index is 1240. The molecule has 0 amide bonds. The van der Waals surface area contributed by atoms with Gasteiger partial charge in [-0.05, 0) is 54.7 Å². The highest BCUT2D eigenvalue weighted by atomic mass is 32.1. The van der Waals surface area contributed by atoms with Gasteiger partial charge in [-0.3, -0.25) is 0 Å². The number of thiazole rings is 1. The van der Waals surface area contributed by atoms with Gasteiger partial charge in [-0.25, -0.2) is 9.67 Å². The molecule has 1 aliphatic carbocycles. The van der Waals surface area contributed by atoms with Crippen LogP contribution in [-0.2, 0) is 6.42 Å². The van der Waals surface area contributed by atoms with Crippen molar-refractivity contribution in [1.29, 1.82) is 5.26 Å². The van der Waals surface area contributed by atoms with Gasteiger partial charge in [0.05, 0.1) is 36.7 Å². The molecular weight excluding hydrogens is 384 g/mol. The quantitative estimate of drug-likeness (QED) is 0.489. The Labute approximate surface area is 171 Å². The van der Waals surface area contributed by atoms with Crippen LogP contribution in [0.5, 0.6) is 10.9 Å². The zero-order valence-electron chi connectivity index (χ0n) is 15.8. The van der Waals surface area contributed by atoms with Crippen molar-refractivity contribution in [3.63, 3.8) is 0 Å². The molecule has 0 radical (unpaired) electrons. The fourth-order valence-electron chi connectivity index (χ4n) is 3.82. The van der Waals surface area contributed by atoms with E-state index in [2.05, 4.69) is 16.2 Å². The highest BCUT2D eigenvalue weighted by Crippen LogP contribution is 2.35. The van der Waals surface area contributed by atoms with Crippen LogP contribution >= 0.6 is 11.3 Å². The average Bonchev–Trinajstić information content (AvgIpc) is 3.40. The van der Waals surface area contributed by atoms with Crippen molar-refractivity contribution in [2.45, 2.75) is 25.4 Å². The van der Waals surface area contributed by atoms with E-state index in [1.165, 1.54) is 22.5 Å². The number of benzene rings is 2. The highest BCUT2D eigenvalue weighted by Gasteiger charge is 2.22. The van der Waals surface area contributed by atoms with E-state index < -0.39 is 0 Å². The summed E-state index contributed by atoms with van der Waals surface area (Å²) in [4.78, 5) is 4.23. The fraction of sp³-hybridized carbons (Fsp3) is 0.227. The minimum Gasteiger partial charge on any atom is -0.486 e. The first-order chi connectivity index (χ1) is 14.2. The molecule has 0 N–H and O–H groups in total. The summed E-state index contributed by atoms with van der Waals surface area (Å²) >= 11 is 1.44. The first kappa shape index (κ1) is 17.7. The van der Waals surface area contributed by atoms with E-state index >= 15 is 0 Å². The van der Waals surface area contributed by atoms with Gasteiger partial charge in [0, 0.05) is 11.5 Å². The number of nitriles is 1. The standard InChI is InChI=1S/C22H18N4O2S/c1-27-22-24-13-21(29-22)26-19-10-17(7-6-16(19)12-25-26)28-20-4-2-3-15-9-14(11-23)5-8-18(15)20/h5-10,12-13,20H,2-4H2,1H3. The molecular formula is C22H18N4O2S. The van der Waals surface area contributed by atoms with Crippen LogP contribution in [0.3, 0.4) is 0 Å². The number of methoxy groups -OCH3 is 1. The van der Waals surface area contributed by atoms with Gasteiger partial charge in [0.15, 0.2) is 0 Å². The van der Waals surface area contributed by atoms with Gasteiger partial charge < -0.3 is 9.47 Å². The van der Waals surface area contributed by atoms with Gasteiger partial charge in [0.1, 0.15) is 16.9 Å². The molecule has 2 heterocycles. The van der Waals surface area contributed by atoms with Crippen molar-refractivity contribution < 1.29 is 9.47 Å². The molecule has 0 spiro atoms. The van der Waals surface area contributed by atoms with Crippen molar-refractivity contribution in [3.05, 3.63) is 65.5 Å². The molecule has 2 aromatic carbocycles. The highest BCUT2D eigenvalue weighted by molar-refractivity contribution is 7.15. The molecule has 2 aromatic heterocycles. The Morgan fingerprint density at radius 2 is 2.14 bits per heavy atom. The number of ether oxygens (including phenoxy) is 2. The van der Waals surface area contributed by atoms with Crippen molar-refractivity contribution in [2.24, 2.45) is 0 Å². The van der Waals surface area contributed by atoms with E-state index in [1.807, 2.05) is 47.3 Å². The Hall–Kier alpha value is -3.37. The first-order valence-electron chi connectivity index (χ1n) is 9.43. The lowest BCUT2D eigenvalue weighted by Crippen LogP contribution is -2.15. The number of hydrogen-bond donors (Lipinski definition) is 0. The maximum absolute atomic E-state index is 9.16. The smallest absolute Gasteiger partial charge is 0.274 e. The molecule has 0 saturated heterocycles. The van der Waals surface area contributed by atoms with E-state index in [0.717, 1.165) is 40.9 Å². The monoisotopic (exact) mass is 402 g/mol. The normalized spacial score (nSPS) is 15.7. The maximum atomic E-state index is 9.16. The lowest BCUT2D eigenvalue weighted by molar-refractivity contribution is 0.183. The summed E-state index contributed by atoms with van der Waals surface area (Å²) in [5.41, 5.74) is 4.05. The molecule has 7 heteroatoms. The molecule has 5 rings (SSSR count). The number of fused-ring (bicyclic) bond motifs is 2. The predicted molar refractivity (Wildman–Crippen MR) is 111 cm³/mol. The van der Waals surface area contributed by atoms with E-state index in [9.17, 15) is 0 Å². The van der Waals surface area contributed by atoms with Crippen molar-refractivity contribution in [3.8, 4) is 22.0 Å². The SMILES string of the molecule is COc1ncc(-n2ncc3ccc(OC4CCCc5cc(C#N)ccc54)cc32)s1. The molecule has 0 saturated carbocycles. The second-order valence-corrected chi connectivity index (χ2v) is 7.94. The summed E-state index contributed by atoms with van der Waals surface area (Å²) in [5.74, 6) is 0.804. The van der Waals surface area contributed by atoms with E-state index in [1.54, 1.807) is 13.3 Å². The summed E-state index contributed by atoms with van der Waals surface area (Å²) in [6.45, 7) is 0. The Morgan fingerprint density at radius 3 is 2.97 bits per heavy atom. The summed E-state index contributed by atoms with van der Waals surface area (Å²) in [5, 5.41) is 16.2. The molecule has 6 nitrogen and oxygen atoms in total. The lowest BCUT2D eigenvalue weighted by atomic mass is 9.88. The summed E-state index contributed by atoms with van der Waals surface area (Å²) in [6.07, 6.45) is 6.58. The van der Waals surface area contributed by atoms with Crippen LogP contribution in [0, 0.1) is 11.3 Å². The van der Waals surface area contributed by atoms with Gasteiger partial charge in [0.2, 0.25) is 0 Å². The molecule has 0 aliphatic heterocycles. The Kier molecular flexibility index (Phi) is 4.41. The second-order valence-electron chi connectivity index (χ2n) is 6.97. The average molecular weight is 402 g/mol. The third kappa shape index (κ3) is 3.22. The molecule has 1 unspecified atom stereocenters. The Balaban J connectivity index is 1.48. The number of rotatable bonds is 4. The van der Waals surface area contributed by atoms with E-state index in [-0.39, 0.29) is 6.10 Å². The minimum atomic E-state index is -0.0104. The largest absolute Gasteiger partial charge is 0.486 e. The topological polar surface area (TPSA) is 73.0 Å². The number of nitrogens with zero attached hydrogens (tertiary/aromatic N) is 4. The van der Waals surface area contributed by atoms with Crippen molar-refractivity contribution in [2.75, 3.05) is 7.11 Å². The van der Waals surface area contributed by atoms with Gasteiger partial charge in [-0.2, -0.15) is 10.4 Å². The fourth-order valence-corrected chi connectivity index (χ4v) is 4.52. The first-order valence-corrected chi connectivity index (χ1v) is 10.2. The predicted octanol–water partition coefficient (Wildman–Crippen LogP) is 4.82. The third-order valence-electron chi connectivity index (χ3n) is 5.21. The summed E-state index contributed by atoms with van der Waals surface area (Å²) in [7, 11) is 1.61. The van der Waals surface area contributed by atoms with Crippen molar-refractivity contribution >= 4 is 22.2 Å². The maximum Gasteiger partial charge on any atom is 0.274 e. The van der Waals surface area contributed by atoms with Crippen LogP contribution in [0.4, 0.5) is 0 Å². The minimum absolute atomic E-state index is 0.0104. The van der Waals surface area contributed by atoms with Crippen LogP contribution in [0.25, 0.3) is 15.9 Å². The van der Waals surface area contributed by atoms with Crippen LogP contribution in [0.15, 0.2) is 48.8 Å². The lowest BCUT2D eigenvalue weighted by Gasteiger charge is -2.26. The zero-order chi connectivity index (χ0) is 19.8. The molecule has 1 atom stereocenters. The van der Waals surface area contributed by atoms with Gasteiger partial charge >= 0.3 is 0 Å². The van der Waals surface area contributed by atoms with E-state index in [0.29, 0.717) is 10.8 Å². The van der Waals surface area contributed by atoms with Crippen LogP contribution in [0.2, 0.25) is 0 Å². The van der Waals surface area contributed by atoms with Crippen LogP contribution in [-0.4, -0.2) is 21.9 Å².